The molecule has 1 aliphatic heterocycles. The molecule has 0 bridgehead atoms. The van der Waals surface area contributed by atoms with Gasteiger partial charge in [-0.2, -0.15) is 5.26 Å². The van der Waals surface area contributed by atoms with E-state index in [-0.39, 0.29) is 12.5 Å². The number of hydrogen-bond donors (Lipinski definition) is 1. The number of pyridine rings is 1. The minimum atomic E-state index is -1.18. The minimum Gasteiger partial charge on any atom is -0.318 e. The Morgan fingerprint density at radius 2 is 1.76 bits per heavy atom. The Morgan fingerprint density at radius 3 is 2.45 bits per heavy atom. The number of benzene rings is 2. The Bertz CT molecular complexity index is 1120. The number of amides is 3. The molecule has 0 spiro atoms. The molecule has 0 saturated carbocycles. The third-order valence-corrected chi connectivity index (χ3v) is 5.11. The van der Waals surface area contributed by atoms with E-state index in [1.165, 1.54) is 4.90 Å². The SMILES string of the molecule is CC1(c2ccccn2)NC(=O)N(Cc2ccc(-c3ccccc3C#N)cc2)C1=O. The van der Waals surface area contributed by atoms with Crippen LogP contribution < -0.4 is 5.32 Å². The first-order valence-corrected chi connectivity index (χ1v) is 9.17. The molecule has 1 fully saturated rings. The number of imide groups is 1. The van der Waals surface area contributed by atoms with Gasteiger partial charge >= 0.3 is 6.03 Å². The van der Waals surface area contributed by atoms with E-state index in [4.69, 9.17) is 0 Å². The second-order valence-electron chi connectivity index (χ2n) is 7.02. The fourth-order valence-electron chi connectivity index (χ4n) is 3.48. The molecule has 3 amide bonds. The molecule has 142 valence electrons. The van der Waals surface area contributed by atoms with Crippen LogP contribution in [0, 0.1) is 11.3 Å². The van der Waals surface area contributed by atoms with Gasteiger partial charge in [0.1, 0.15) is 0 Å². The maximum Gasteiger partial charge on any atom is 0.325 e. The molecule has 1 unspecified atom stereocenters. The Balaban J connectivity index is 1.56. The monoisotopic (exact) mass is 382 g/mol. The van der Waals surface area contributed by atoms with Crippen molar-refractivity contribution >= 4 is 11.9 Å². The Hall–Kier alpha value is -3.98. The molecule has 4 rings (SSSR count). The second kappa shape index (κ2) is 7.21. The van der Waals surface area contributed by atoms with Crippen LogP contribution in [0.1, 0.15) is 23.7 Å². The summed E-state index contributed by atoms with van der Waals surface area (Å²) < 4.78 is 0. The molecular formula is C23H18N4O2. The predicted molar refractivity (Wildman–Crippen MR) is 107 cm³/mol. The third kappa shape index (κ3) is 3.23. The van der Waals surface area contributed by atoms with Gasteiger partial charge in [-0.25, -0.2) is 4.79 Å². The number of nitrogens with zero attached hydrogens (tertiary/aromatic N) is 3. The Morgan fingerprint density at radius 1 is 1.03 bits per heavy atom. The summed E-state index contributed by atoms with van der Waals surface area (Å²) in [6.45, 7) is 1.82. The summed E-state index contributed by atoms with van der Waals surface area (Å²) in [5.41, 5.74) is 2.49. The van der Waals surface area contributed by atoms with Crippen molar-refractivity contribution in [3.8, 4) is 17.2 Å². The van der Waals surface area contributed by atoms with Gasteiger partial charge in [-0.05, 0) is 41.8 Å². The number of hydrogen-bond acceptors (Lipinski definition) is 4. The van der Waals surface area contributed by atoms with Crippen LogP contribution in [0.15, 0.2) is 72.9 Å². The zero-order chi connectivity index (χ0) is 20.4. The summed E-state index contributed by atoms with van der Waals surface area (Å²) in [6.07, 6.45) is 1.60. The molecule has 6 heteroatoms. The highest BCUT2D eigenvalue weighted by atomic mass is 16.2. The van der Waals surface area contributed by atoms with Gasteiger partial charge in [-0.15, -0.1) is 0 Å². The molecule has 6 nitrogen and oxygen atoms in total. The smallest absolute Gasteiger partial charge is 0.318 e. The standard InChI is InChI=1S/C23H18N4O2/c1-23(20-8-4-5-13-25-20)21(28)27(22(29)26-23)15-16-9-11-17(12-10-16)19-7-3-2-6-18(19)14-24/h2-13H,15H2,1H3,(H,26,29). The van der Waals surface area contributed by atoms with Crippen molar-refractivity contribution in [3.05, 3.63) is 89.7 Å². The van der Waals surface area contributed by atoms with Gasteiger partial charge < -0.3 is 5.32 Å². The van der Waals surface area contributed by atoms with Crippen molar-refractivity contribution in [1.29, 1.82) is 5.26 Å². The van der Waals surface area contributed by atoms with Crippen LogP contribution in [0.5, 0.6) is 0 Å². The van der Waals surface area contributed by atoms with E-state index in [1.54, 1.807) is 37.4 Å². The number of urea groups is 1. The van der Waals surface area contributed by atoms with Gasteiger partial charge in [0.15, 0.2) is 5.54 Å². The van der Waals surface area contributed by atoms with Gasteiger partial charge in [-0.3, -0.25) is 14.7 Å². The first-order valence-electron chi connectivity index (χ1n) is 9.17. The first-order chi connectivity index (χ1) is 14.0. The summed E-state index contributed by atoms with van der Waals surface area (Å²) in [7, 11) is 0. The molecule has 1 N–H and O–H groups in total. The number of nitrogens with one attached hydrogen (secondary N) is 1. The van der Waals surface area contributed by atoms with Crippen molar-refractivity contribution < 1.29 is 9.59 Å². The van der Waals surface area contributed by atoms with Crippen molar-refractivity contribution in [3.63, 3.8) is 0 Å². The largest absolute Gasteiger partial charge is 0.325 e. The number of nitriles is 1. The van der Waals surface area contributed by atoms with E-state index in [9.17, 15) is 14.9 Å². The van der Waals surface area contributed by atoms with E-state index < -0.39 is 11.6 Å². The van der Waals surface area contributed by atoms with Crippen molar-refractivity contribution in [2.24, 2.45) is 0 Å². The fraction of sp³-hybridized carbons (Fsp3) is 0.130. The number of rotatable bonds is 4. The molecule has 0 radical (unpaired) electrons. The molecule has 1 aliphatic rings. The van der Waals surface area contributed by atoms with Crippen molar-refractivity contribution in [2.45, 2.75) is 19.0 Å². The lowest BCUT2D eigenvalue weighted by Crippen LogP contribution is -2.41. The van der Waals surface area contributed by atoms with Crippen molar-refractivity contribution in [2.75, 3.05) is 0 Å². The third-order valence-electron chi connectivity index (χ3n) is 5.11. The van der Waals surface area contributed by atoms with Crippen LogP contribution in [0.3, 0.4) is 0 Å². The second-order valence-corrected chi connectivity index (χ2v) is 7.02. The summed E-state index contributed by atoms with van der Waals surface area (Å²) in [5, 5.41) is 12.0. The van der Waals surface area contributed by atoms with Gasteiger partial charge in [0.25, 0.3) is 5.91 Å². The lowest BCUT2D eigenvalue weighted by molar-refractivity contribution is -0.131. The van der Waals surface area contributed by atoms with Gasteiger partial charge in [0.2, 0.25) is 0 Å². The topological polar surface area (TPSA) is 86.1 Å². The minimum absolute atomic E-state index is 0.160. The molecule has 1 saturated heterocycles. The lowest BCUT2D eigenvalue weighted by Gasteiger charge is -2.21. The zero-order valence-corrected chi connectivity index (χ0v) is 15.8. The van der Waals surface area contributed by atoms with Crippen molar-refractivity contribution in [1.82, 2.24) is 15.2 Å². The zero-order valence-electron chi connectivity index (χ0n) is 15.8. The highest BCUT2D eigenvalue weighted by Crippen LogP contribution is 2.29. The average Bonchev–Trinajstić information content (AvgIpc) is 2.99. The van der Waals surface area contributed by atoms with E-state index in [1.807, 2.05) is 42.5 Å². The van der Waals surface area contributed by atoms with Gasteiger partial charge in [-0.1, -0.05) is 48.5 Å². The van der Waals surface area contributed by atoms with Crippen LogP contribution in [0.25, 0.3) is 11.1 Å². The predicted octanol–water partition coefficient (Wildman–Crippen LogP) is 3.59. The quantitative estimate of drug-likeness (QED) is 0.699. The Labute approximate surface area is 168 Å². The Kier molecular flexibility index (Phi) is 4.57. The number of aromatic nitrogens is 1. The molecule has 1 atom stereocenters. The van der Waals surface area contributed by atoms with Crippen LogP contribution in [-0.4, -0.2) is 21.8 Å². The summed E-state index contributed by atoms with van der Waals surface area (Å²) in [5.74, 6) is -0.333. The molecule has 2 heterocycles. The average molecular weight is 382 g/mol. The molecule has 1 aromatic heterocycles. The van der Waals surface area contributed by atoms with Crippen LogP contribution >= 0.6 is 0 Å². The summed E-state index contributed by atoms with van der Waals surface area (Å²) in [4.78, 5) is 30.9. The highest BCUT2D eigenvalue weighted by Gasteiger charge is 2.49. The summed E-state index contributed by atoms with van der Waals surface area (Å²) in [6, 6.07) is 21.9. The molecule has 2 aromatic carbocycles. The maximum absolute atomic E-state index is 13.0. The van der Waals surface area contributed by atoms with Crippen LogP contribution in [-0.2, 0) is 16.9 Å². The van der Waals surface area contributed by atoms with E-state index >= 15 is 0 Å². The van der Waals surface area contributed by atoms with Crippen LogP contribution in [0.2, 0.25) is 0 Å². The highest BCUT2D eigenvalue weighted by molar-refractivity contribution is 6.06. The molecule has 0 aliphatic carbocycles. The maximum atomic E-state index is 13.0. The fourth-order valence-corrected chi connectivity index (χ4v) is 3.48. The molecular weight excluding hydrogens is 364 g/mol. The molecule has 3 aromatic rings. The normalized spacial score (nSPS) is 18.4. The van der Waals surface area contributed by atoms with E-state index in [2.05, 4.69) is 16.4 Å². The molecule has 29 heavy (non-hydrogen) atoms. The van der Waals surface area contributed by atoms with E-state index in [0.717, 1.165) is 16.7 Å². The van der Waals surface area contributed by atoms with Crippen LogP contribution in [0.4, 0.5) is 4.79 Å². The summed E-state index contributed by atoms with van der Waals surface area (Å²) >= 11 is 0. The first kappa shape index (κ1) is 18.4. The van der Waals surface area contributed by atoms with Gasteiger partial charge in [0, 0.05) is 6.20 Å². The van der Waals surface area contributed by atoms with Gasteiger partial charge in [0.05, 0.1) is 23.9 Å². The lowest BCUT2D eigenvalue weighted by atomic mass is 9.97. The number of carbonyl (C=O) groups is 2. The van der Waals surface area contributed by atoms with E-state index in [0.29, 0.717) is 11.3 Å². The number of carbonyl (C=O) groups excluding carboxylic acids is 2.